The fourth-order valence-corrected chi connectivity index (χ4v) is 2.63. The lowest BCUT2D eigenvalue weighted by Crippen LogP contribution is -2.01. The minimum absolute atomic E-state index is 0.207. The molecule has 0 saturated heterocycles. The maximum atomic E-state index is 12.9. The summed E-state index contributed by atoms with van der Waals surface area (Å²) in [6.07, 6.45) is 2.61. The Morgan fingerprint density at radius 2 is 2.06 bits per heavy atom. The third-order valence-electron chi connectivity index (χ3n) is 2.22. The van der Waals surface area contributed by atoms with E-state index in [4.69, 9.17) is 5.73 Å². The molecular formula is C12H11FN2OS. The Bertz CT molecular complexity index is 560. The van der Waals surface area contributed by atoms with E-state index < -0.39 is 16.6 Å². The molecule has 0 saturated carbocycles. The van der Waals surface area contributed by atoms with E-state index in [1.807, 2.05) is 0 Å². The van der Waals surface area contributed by atoms with Crippen molar-refractivity contribution in [2.45, 2.75) is 10.6 Å². The average Bonchev–Trinajstić information content (AvgIpc) is 2.29. The van der Waals surface area contributed by atoms with Crippen molar-refractivity contribution in [3.8, 4) is 0 Å². The molecule has 17 heavy (non-hydrogen) atoms. The van der Waals surface area contributed by atoms with Gasteiger partial charge in [-0.1, -0.05) is 12.1 Å². The molecule has 2 rings (SSSR count). The van der Waals surface area contributed by atoms with Crippen molar-refractivity contribution in [2.75, 3.05) is 5.73 Å². The molecule has 1 aromatic heterocycles. The van der Waals surface area contributed by atoms with Crippen molar-refractivity contribution in [1.82, 2.24) is 4.98 Å². The molecule has 2 N–H and O–H groups in total. The van der Waals surface area contributed by atoms with Crippen LogP contribution in [0.15, 0.2) is 47.6 Å². The standard InChI is InChI=1S/C12H11FN2OS/c13-10-5-9(6-15-7-10)8-17(16)12-4-2-1-3-11(12)14/h1-7H,8,14H2. The summed E-state index contributed by atoms with van der Waals surface area (Å²) < 4.78 is 24.9. The zero-order chi connectivity index (χ0) is 12.3. The lowest BCUT2D eigenvalue weighted by molar-refractivity contribution is 0.619. The quantitative estimate of drug-likeness (QED) is 0.849. The largest absolute Gasteiger partial charge is 0.398 e. The Labute approximate surface area is 101 Å². The first kappa shape index (κ1) is 11.7. The third kappa shape index (κ3) is 2.88. The van der Waals surface area contributed by atoms with Gasteiger partial charge in [0, 0.05) is 11.9 Å². The van der Waals surface area contributed by atoms with Gasteiger partial charge < -0.3 is 5.73 Å². The van der Waals surface area contributed by atoms with Crippen LogP contribution in [0, 0.1) is 5.82 Å². The van der Waals surface area contributed by atoms with Crippen LogP contribution in [0.3, 0.4) is 0 Å². The third-order valence-corrected chi connectivity index (χ3v) is 3.68. The lowest BCUT2D eigenvalue weighted by Gasteiger charge is -2.05. The highest BCUT2D eigenvalue weighted by molar-refractivity contribution is 7.84. The van der Waals surface area contributed by atoms with Crippen LogP contribution < -0.4 is 5.73 Å². The SMILES string of the molecule is Nc1ccccc1S(=O)Cc1cncc(F)c1. The first-order valence-corrected chi connectivity index (χ1v) is 6.31. The molecule has 0 bridgehead atoms. The van der Waals surface area contributed by atoms with Crippen LogP contribution in [0.4, 0.5) is 10.1 Å². The van der Waals surface area contributed by atoms with E-state index in [0.717, 1.165) is 6.20 Å². The van der Waals surface area contributed by atoms with E-state index >= 15 is 0 Å². The summed E-state index contributed by atoms with van der Waals surface area (Å²) in [7, 11) is -1.29. The summed E-state index contributed by atoms with van der Waals surface area (Å²) in [5.41, 5.74) is 6.79. The molecule has 0 aliphatic heterocycles. The Hall–Kier alpha value is -1.75. The number of halogens is 1. The fourth-order valence-electron chi connectivity index (χ4n) is 1.45. The zero-order valence-electron chi connectivity index (χ0n) is 8.97. The van der Waals surface area contributed by atoms with Gasteiger partial charge in [0.2, 0.25) is 0 Å². The summed E-state index contributed by atoms with van der Waals surface area (Å²) in [4.78, 5) is 4.28. The average molecular weight is 250 g/mol. The minimum Gasteiger partial charge on any atom is -0.398 e. The Balaban J connectivity index is 2.20. The van der Waals surface area contributed by atoms with Crippen molar-refractivity contribution >= 4 is 16.5 Å². The highest BCUT2D eigenvalue weighted by Gasteiger charge is 2.08. The van der Waals surface area contributed by atoms with Crippen molar-refractivity contribution in [2.24, 2.45) is 0 Å². The number of rotatable bonds is 3. The summed E-state index contributed by atoms with van der Waals surface area (Å²) in [5.74, 6) is -0.223. The topological polar surface area (TPSA) is 56.0 Å². The first-order valence-electron chi connectivity index (χ1n) is 4.99. The summed E-state index contributed by atoms with van der Waals surface area (Å²) in [6, 6.07) is 8.27. The molecule has 0 aliphatic rings. The van der Waals surface area contributed by atoms with Gasteiger partial charge in [0.15, 0.2) is 0 Å². The van der Waals surface area contributed by atoms with Gasteiger partial charge in [0.1, 0.15) is 5.82 Å². The van der Waals surface area contributed by atoms with Crippen molar-refractivity contribution < 1.29 is 8.60 Å². The predicted molar refractivity (Wildman–Crippen MR) is 65.2 cm³/mol. The normalized spacial score (nSPS) is 12.3. The smallest absolute Gasteiger partial charge is 0.141 e. The van der Waals surface area contributed by atoms with Gasteiger partial charge in [-0.05, 0) is 23.8 Å². The maximum absolute atomic E-state index is 12.9. The van der Waals surface area contributed by atoms with Crippen LogP contribution in [0.2, 0.25) is 0 Å². The van der Waals surface area contributed by atoms with Crippen LogP contribution in [0.25, 0.3) is 0 Å². The van der Waals surface area contributed by atoms with E-state index in [1.54, 1.807) is 24.3 Å². The molecule has 0 spiro atoms. The number of nitrogens with two attached hydrogens (primary N) is 1. The molecule has 1 aromatic carbocycles. The van der Waals surface area contributed by atoms with Crippen LogP contribution in [0.5, 0.6) is 0 Å². The van der Waals surface area contributed by atoms with Crippen LogP contribution in [-0.2, 0) is 16.6 Å². The second-order valence-corrected chi connectivity index (χ2v) is 4.96. The Morgan fingerprint density at radius 1 is 1.29 bits per heavy atom. The Kier molecular flexibility index (Phi) is 3.49. The highest BCUT2D eigenvalue weighted by Crippen LogP contribution is 2.18. The molecule has 5 heteroatoms. The number of hydrogen-bond donors (Lipinski definition) is 1. The second-order valence-electron chi connectivity index (χ2n) is 3.54. The zero-order valence-corrected chi connectivity index (χ0v) is 9.78. The molecule has 1 unspecified atom stereocenters. The van der Waals surface area contributed by atoms with Gasteiger partial charge in [-0.2, -0.15) is 0 Å². The van der Waals surface area contributed by atoms with E-state index in [2.05, 4.69) is 4.98 Å². The van der Waals surface area contributed by atoms with Crippen molar-refractivity contribution in [1.29, 1.82) is 0 Å². The molecule has 88 valence electrons. The molecule has 3 nitrogen and oxygen atoms in total. The molecule has 1 atom stereocenters. The number of benzene rings is 1. The predicted octanol–water partition coefficient (Wildman–Crippen LogP) is 2.11. The maximum Gasteiger partial charge on any atom is 0.141 e. The fraction of sp³-hybridized carbons (Fsp3) is 0.0833. The monoisotopic (exact) mass is 250 g/mol. The van der Waals surface area contributed by atoms with Crippen molar-refractivity contribution in [3.63, 3.8) is 0 Å². The summed E-state index contributed by atoms with van der Waals surface area (Å²) in [6.45, 7) is 0. The van der Waals surface area contributed by atoms with Gasteiger partial charge in [0.05, 0.1) is 27.6 Å². The minimum atomic E-state index is -1.29. The molecule has 0 fully saturated rings. The first-order chi connectivity index (χ1) is 8.16. The van der Waals surface area contributed by atoms with Crippen LogP contribution in [-0.4, -0.2) is 9.19 Å². The number of anilines is 1. The number of hydrogen-bond acceptors (Lipinski definition) is 3. The Morgan fingerprint density at radius 3 is 2.76 bits per heavy atom. The second kappa shape index (κ2) is 5.05. The molecular weight excluding hydrogens is 239 g/mol. The number of nitrogens with zero attached hydrogens (tertiary/aromatic N) is 1. The molecule has 0 radical (unpaired) electrons. The number of pyridine rings is 1. The molecule has 1 heterocycles. The lowest BCUT2D eigenvalue weighted by atomic mass is 10.3. The van der Waals surface area contributed by atoms with Crippen molar-refractivity contribution in [3.05, 3.63) is 54.1 Å². The number of aromatic nitrogens is 1. The van der Waals surface area contributed by atoms with Crippen LogP contribution >= 0.6 is 0 Å². The van der Waals surface area contributed by atoms with E-state index in [0.29, 0.717) is 16.1 Å². The highest BCUT2D eigenvalue weighted by atomic mass is 32.2. The number of para-hydroxylation sites is 1. The molecule has 2 aromatic rings. The summed E-state index contributed by atoms with van der Waals surface area (Å²) in [5, 5.41) is 0. The van der Waals surface area contributed by atoms with E-state index in [9.17, 15) is 8.60 Å². The molecule has 0 amide bonds. The van der Waals surface area contributed by atoms with E-state index in [-0.39, 0.29) is 5.75 Å². The van der Waals surface area contributed by atoms with Gasteiger partial charge >= 0.3 is 0 Å². The van der Waals surface area contributed by atoms with E-state index in [1.165, 1.54) is 12.3 Å². The summed E-state index contributed by atoms with van der Waals surface area (Å²) >= 11 is 0. The van der Waals surface area contributed by atoms with Gasteiger partial charge in [0.25, 0.3) is 0 Å². The van der Waals surface area contributed by atoms with Gasteiger partial charge in [-0.15, -0.1) is 0 Å². The molecule has 0 aliphatic carbocycles. The number of nitrogen functional groups attached to an aromatic ring is 1. The van der Waals surface area contributed by atoms with Gasteiger partial charge in [-0.25, -0.2) is 4.39 Å². The van der Waals surface area contributed by atoms with Gasteiger partial charge in [-0.3, -0.25) is 9.19 Å². The van der Waals surface area contributed by atoms with Crippen LogP contribution in [0.1, 0.15) is 5.56 Å².